The van der Waals surface area contributed by atoms with Crippen LogP contribution in [-0.2, 0) is 9.84 Å². The topological polar surface area (TPSA) is 98.2 Å². The van der Waals surface area contributed by atoms with Gasteiger partial charge in [0.05, 0.1) is 0 Å². The predicted molar refractivity (Wildman–Crippen MR) is 112 cm³/mol. The van der Waals surface area contributed by atoms with Gasteiger partial charge in [0.15, 0.2) is 9.84 Å². The fourth-order valence-corrected chi connectivity index (χ4v) is 4.46. The first-order chi connectivity index (χ1) is 13.8. The SMILES string of the molecule is C[C@@H](/C=C/S(C)(=O)=O)NC(=O)c1cnc(C2CCCC2)nc1OC1CCCCC1. The molecule has 0 bridgehead atoms. The molecule has 0 aliphatic heterocycles. The molecule has 1 N–H and O–H groups in total. The number of carbonyl (C=O) groups excluding carboxylic acids is 1. The minimum absolute atomic E-state index is 0.0733. The van der Waals surface area contributed by atoms with Crippen molar-refractivity contribution >= 4 is 15.7 Å². The van der Waals surface area contributed by atoms with Crippen LogP contribution in [0.15, 0.2) is 17.7 Å². The number of sulfone groups is 1. The molecule has 8 heteroatoms. The Hall–Kier alpha value is -1.96. The summed E-state index contributed by atoms with van der Waals surface area (Å²) in [4.78, 5) is 21.9. The molecule has 29 heavy (non-hydrogen) atoms. The van der Waals surface area contributed by atoms with E-state index in [1.54, 1.807) is 13.1 Å². The van der Waals surface area contributed by atoms with Crippen molar-refractivity contribution in [2.24, 2.45) is 0 Å². The first kappa shape index (κ1) is 21.7. The Labute approximate surface area is 173 Å². The third-order valence-electron chi connectivity index (χ3n) is 5.54. The quantitative estimate of drug-likeness (QED) is 0.723. The molecule has 2 saturated carbocycles. The van der Waals surface area contributed by atoms with Gasteiger partial charge in [0.25, 0.3) is 5.91 Å². The molecule has 160 valence electrons. The average molecular weight is 422 g/mol. The van der Waals surface area contributed by atoms with Crippen molar-refractivity contribution in [3.63, 3.8) is 0 Å². The molecular formula is C21H31N3O4S. The number of nitrogens with zero attached hydrogens (tertiary/aromatic N) is 2. The van der Waals surface area contributed by atoms with Crippen molar-refractivity contribution in [3.8, 4) is 5.88 Å². The zero-order valence-electron chi connectivity index (χ0n) is 17.3. The molecule has 2 aliphatic carbocycles. The van der Waals surface area contributed by atoms with E-state index in [1.165, 1.54) is 25.3 Å². The first-order valence-electron chi connectivity index (χ1n) is 10.5. The highest BCUT2D eigenvalue weighted by atomic mass is 32.2. The molecule has 1 aromatic heterocycles. The minimum Gasteiger partial charge on any atom is -0.474 e. The van der Waals surface area contributed by atoms with E-state index >= 15 is 0 Å². The van der Waals surface area contributed by atoms with E-state index in [4.69, 9.17) is 4.74 Å². The lowest BCUT2D eigenvalue weighted by atomic mass is 9.98. The molecule has 0 unspecified atom stereocenters. The summed E-state index contributed by atoms with van der Waals surface area (Å²) in [5, 5.41) is 3.88. The van der Waals surface area contributed by atoms with Crippen LogP contribution in [0.25, 0.3) is 0 Å². The van der Waals surface area contributed by atoms with Crippen LogP contribution in [-0.4, -0.2) is 42.7 Å². The summed E-state index contributed by atoms with van der Waals surface area (Å²) in [5.41, 5.74) is 0.303. The van der Waals surface area contributed by atoms with Crippen LogP contribution in [0.5, 0.6) is 5.88 Å². The number of aromatic nitrogens is 2. The maximum absolute atomic E-state index is 12.8. The molecule has 7 nitrogen and oxygen atoms in total. The standard InChI is InChI=1S/C21H31N3O4S/c1-15(12-13-29(2,26)27)23-20(25)18-14-22-19(16-8-6-7-9-16)24-21(18)28-17-10-4-3-5-11-17/h12-17H,3-11H2,1-2H3,(H,23,25)/b13-12+/t15-/m0/s1. The minimum atomic E-state index is -3.24. The molecular weight excluding hydrogens is 390 g/mol. The third kappa shape index (κ3) is 6.52. The van der Waals surface area contributed by atoms with Gasteiger partial charge in [-0.2, -0.15) is 4.98 Å². The average Bonchev–Trinajstić information content (AvgIpc) is 3.21. The number of amides is 1. The Morgan fingerprint density at radius 2 is 1.83 bits per heavy atom. The lowest BCUT2D eigenvalue weighted by molar-refractivity contribution is 0.0931. The molecule has 0 saturated heterocycles. The highest BCUT2D eigenvalue weighted by molar-refractivity contribution is 7.93. The van der Waals surface area contributed by atoms with Gasteiger partial charge in [-0.05, 0) is 45.4 Å². The largest absolute Gasteiger partial charge is 0.474 e. The van der Waals surface area contributed by atoms with Gasteiger partial charge in [0.2, 0.25) is 5.88 Å². The van der Waals surface area contributed by atoms with E-state index in [2.05, 4.69) is 15.3 Å². The van der Waals surface area contributed by atoms with Crippen LogP contribution in [0.3, 0.4) is 0 Å². The van der Waals surface area contributed by atoms with Crippen molar-refractivity contribution in [1.82, 2.24) is 15.3 Å². The van der Waals surface area contributed by atoms with Crippen LogP contribution in [0, 0.1) is 0 Å². The Morgan fingerprint density at radius 1 is 1.17 bits per heavy atom. The lowest BCUT2D eigenvalue weighted by Gasteiger charge is -2.24. The van der Waals surface area contributed by atoms with E-state index in [1.807, 2.05) is 0 Å². The van der Waals surface area contributed by atoms with Crippen molar-refractivity contribution in [3.05, 3.63) is 29.1 Å². The van der Waals surface area contributed by atoms with E-state index in [0.717, 1.165) is 56.0 Å². The molecule has 0 aromatic carbocycles. The molecule has 1 heterocycles. The molecule has 2 aliphatic rings. The summed E-state index contributed by atoms with van der Waals surface area (Å²) in [6, 6.07) is -0.450. The highest BCUT2D eigenvalue weighted by Gasteiger charge is 2.25. The van der Waals surface area contributed by atoms with Gasteiger partial charge in [0, 0.05) is 29.8 Å². The molecule has 1 aromatic rings. The number of nitrogens with one attached hydrogen (secondary N) is 1. The summed E-state index contributed by atoms with van der Waals surface area (Å²) in [5.74, 6) is 1.08. The second kappa shape index (κ2) is 9.69. The Kier molecular flexibility index (Phi) is 7.27. The van der Waals surface area contributed by atoms with Crippen molar-refractivity contribution < 1.29 is 17.9 Å². The van der Waals surface area contributed by atoms with Crippen LogP contribution in [0.2, 0.25) is 0 Å². The maximum Gasteiger partial charge on any atom is 0.258 e. The Balaban J connectivity index is 1.79. The fourth-order valence-electron chi connectivity index (χ4n) is 3.94. The van der Waals surface area contributed by atoms with Gasteiger partial charge < -0.3 is 10.1 Å². The lowest BCUT2D eigenvalue weighted by Crippen LogP contribution is -2.32. The molecule has 0 spiro atoms. The maximum atomic E-state index is 12.8. The van der Waals surface area contributed by atoms with Crippen molar-refractivity contribution in [2.45, 2.75) is 82.8 Å². The number of hydrogen-bond donors (Lipinski definition) is 1. The number of rotatable bonds is 7. The molecule has 0 radical (unpaired) electrons. The molecule has 3 rings (SSSR count). The van der Waals surface area contributed by atoms with E-state index in [9.17, 15) is 13.2 Å². The first-order valence-corrected chi connectivity index (χ1v) is 12.5. The molecule has 1 amide bonds. The number of ether oxygens (including phenoxy) is 1. The van der Waals surface area contributed by atoms with Crippen molar-refractivity contribution in [1.29, 1.82) is 0 Å². The highest BCUT2D eigenvalue weighted by Crippen LogP contribution is 2.33. The summed E-state index contributed by atoms with van der Waals surface area (Å²) >= 11 is 0. The van der Waals surface area contributed by atoms with E-state index in [0.29, 0.717) is 17.4 Å². The van der Waals surface area contributed by atoms with Crippen molar-refractivity contribution in [2.75, 3.05) is 6.26 Å². The van der Waals surface area contributed by atoms with Gasteiger partial charge in [0.1, 0.15) is 17.5 Å². The fraction of sp³-hybridized carbons (Fsp3) is 0.667. The molecule has 1 atom stereocenters. The number of hydrogen-bond acceptors (Lipinski definition) is 6. The van der Waals surface area contributed by atoms with Gasteiger partial charge >= 0.3 is 0 Å². The van der Waals surface area contributed by atoms with Crippen LogP contribution < -0.4 is 10.1 Å². The van der Waals surface area contributed by atoms with Crippen LogP contribution in [0.1, 0.15) is 86.8 Å². The summed E-state index contributed by atoms with van der Waals surface area (Å²) in [7, 11) is -3.24. The second-order valence-corrected chi connectivity index (χ2v) is 10.2. The second-order valence-electron chi connectivity index (χ2n) is 8.23. The van der Waals surface area contributed by atoms with Gasteiger partial charge in [-0.25, -0.2) is 13.4 Å². The zero-order valence-corrected chi connectivity index (χ0v) is 18.1. The smallest absolute Gasteiger partial charge is 0.258 e. The van der Waals surface area contributed by atoms with Gasteiger partial charge in [-0.3, -0.25) is 4.79 Å². The predicted octanol–water partition coefficient (Wildman–Crippen LogP) is 3.52. The zero-order chi connectivity index (χ0) is 20.9. The Bertz CT molecular complexity index is 841. The van der Waals surface area contributed by atoms with Gasteiger partial charge in [-0.1, -0.05) is 25.3 Å². The van der Waals surface area contributed by atoms with E-state index in [-0.39, 0.29) is 12.0 Å². The van der Waals surface area contributed by atoms with Crippen LogP contribution >= 0.6 is 0 Å². The Morgan fingerprint density at radius 3 is 2.48 bits per heavy atom. The van der Waals surface area contributed by atoms with Gasteiger partial charge in [-0.15, -0.1) is 0 Å². The van der Waals surface area contributed by atoms with Crippen LogP contribution in [0.4, 0.5) is 0 Å². The third-order valence-corrected chi connectivity index (χ3v) is 6.19. The number of carbonyl (C=O) groups is 1. The van der Waals surface area contributed by atoms with E-state index < -0.39 is 15.9 Å². The molecule has 2 fully saturated rings. The summed E-state index contributed by atoms with van der Waals surface area (Å²) < 4.78 is 28.8. The summed E-state index contributed by atoms with van der Waals surface area (Å²) in [6.45, 7) is 1.72. The summed E-state index contributed by atoms with van der Waals surface area (Å²) in [6.07, 6.45) is 14.1. The normalized spacial score (nSPS) is 20.1. The monoisotopic (exact) mass is 421 g/mol.